The number of hydrogen-bond donors (Lipinski definition) is 1. The number of anilines is 1. The molecule has 0 fully saturated rings. The predicted molar refractivity (Wildman–Crippen MR) is 47.6 cm³/mol. The van der Waals surface area contributed by atoms with Crippen LogP contribution in [0.1, 0.15) is 0 Å². The van der Waals surface area contributed by atoms with Crippen LogP contribution in [0.4, 0.5) is 5.00 Å². The van der Waals surface area contributed by atoms with Crippen LogP contribution in [0.2, 0.25) is 0 Å². The maximum Gasteiger partial charge on any atom is 0.154 e. The molecule has 2 aromatic rings. The molecule has 0 aliphatic heterocycles. The minimum atomic E-state index is 0.732. The molecule has 0 bridgehead atoms. The molecule has 0 saturated carbocycles. The fraction of sp³-hybridized carbons (Fsp3) is 0. The number of nitrogens with two attached hydrogens (primary N) is 1. The molecule has 2 N–H and O–H groups in total. The molecule has 56 valence electrons. The van der Waals surface area contributed by atoms with Crippen LogP contribution in [0.3, 0.4) is 0 Å². The van der Waals surface area contributed by atoms with Crippen molar-refractivity contribution in [1.29, 1.82) is 0 Å². The number of hydrogen-bond acceptors (Lipinski definition) is 5. The van der Waals surface area contributed by atoms with E-state index in [9.17, 15) is 0 Å². The molecule has 5 heteroatoms. The highest BCUT2D eigenvalue weighted by Gasteiger charge is 2.03. The molecular weight excluding hydrogens is 178 g/mol. The van der Waals surface area contributed by atoms with Crippen LogP contribution >= 0.6 is 22.7 Å². The lowest BCUT2D eigenvalue weighted by Gasteiger charge is -1.82. The van der Waals surface area contributed by atoms with Gasteiger partial charge < -0.3 is 5.73 Å². The van der Waals surface area contributed by atoms with Crippen molar-refractivity contribution in [2.45, 2.75) is 0 Å². The van der Waals surface area contributed by atoms with Gasteiger partial charge in [-0.05, 0) is 0 Å². The third kappa shape index (κ3) is 1.24. The second-order valence-corrected chi connectivity index (χ2v) is 3.86. The summed E-state index contributed by atoms with van der Waals surface area (Å²) in [6, 6.07) is 0. The van der Waals surface area contributed by atoms with Crippen molar-refractivity contribution in [2.75, 3.05) is 5.73 Å². The molecule has 0 amide bonds. The zero-order valence-corrected chi connectivity index (χ0v) is 7.15. The quantitative estimate of drug-likeness (QED) is 0.734. The Labute approximate surface area is 71.5 Å². The standard InChI is InChI=1S/C6H5N3S2/c7-4-3-9-6(11-4)5-8-1-2-10-5/h1-3H,7H2. The lowest BCUT2D eigenvalue weighted by molar-refractivity contribution is 1.36. The molecule has 0 aliphatic carbocycles. The molecule has 0 aromatic carbocycles. The summed E-state index contributed by atoms with van der Waals surface area (Å²) < 4.78 is 0. The lowest BCUT2D eigenvalue weighted by atomic mass is 10.7. The van der Waals surface area contributed by atoms with E-state index in [4.69, 9.17) is 5.73 Å². The summed E-state index contributed by atoms with van der Waals surface area (Å²) in [7, 11) is 0. The zero-order valence-electron chi connectivity index (χ0n) is 5.52. The summed E-state index contributed by atoms with van der Waals surface area (Å²) in [6.07, 6.45) is 3.42. The first-order valence-electron chi connectivity index (χ1n) is 2.97. The Hall–Kier alpha value is -0.940. The Balaban J connectivity index is 2.45. The van der Waals surface area contributed by atoms with Gasteiger partial charge in [0.05, 0.1) is 6.20 Å². The van der Waals surface area contributed by atoms with Crippen molar-refractivity contribution in [3.63, 3.8) is 0 Å². The third-order valence-corrected chi connectivity index (χ3v) is 2.88. The van der Waals surface area contributed by atoms with Gasteiger partial charge in [-0.25, -0.2) is 9.97 Å². The number of thiazole rings is 2. The Morgan fingerprint density at radius 3 is 2.73 bits per heavy atom. The maximum absolute atomic E-state index is 5.52. The van der Waals surface area contributed by atoms with Crippen LogP contribution in [0.15, 0.2) is 17.8 Å². The van der Waals surface area contributed by atoms with E-state index >= 15 is 0 Å². The highest BCUT2D eigenvalue weighted by Crippen LogP contribution is 2.27. The van der Waals surface area contributed by atoms with Crippen LogP contribution in [0.25, 0.3) is 10.0 Å². The van der Waals surface area contributed by atoms with Gasteiger partial charge in [-0.15, -0.1) is 11.3 Å². The number of aromatic nitrogens is 2. The maximum atomic E-state index is 5.52. The van der Waals surface area contributed by atoms with Crippen molar-refractivity contribution >= 4 is 27.7 Å². The van der Waals surface area contributed by atoms with Crippen molar-refractivity contribution in [3.8, 4) is 10.0 Å². The van der Waals surface area contributed by atoms with Crippen LogP contribution in [-0.2, 0) is 0 Å². The summed E-state index contributed by atoms with van der Waals surface area (Å²) in [5.74, 6) is 0. The first kappa shape index (κ1) is 6.75. The first-order valence-corrected chi connectivity index (χ1v) is 4.67. The van der Waals surface area contributed by atoms with E-state index in [-0.39, 0.29) is 0 Å². The Morgan fingerprint density at radius 2 is 2.18 bits per heavy atom. The molecule has 0 aliphatic rings. The Kier molecular flexibility index (Phi) is 1.59. The highest BCUT2D eigenvalue weighted by molar-refractivity contribution is 7.22. The third-order valence-electron chi connectivity index (χ3n) is 1.14. The molecule has 0 unspecified atom stereocenters. The molecule has 0 atom stereocenters. The van der Waals surface area contributed by atoms with E-state index in [0.717, 1.165) is 15.0 Å². The summed E-state index contributed by atoms with van der Waals surface area (Å²) in [6.45, 7) is 0. The zero-order chi connectivity index (χ0) is 7.68. The minimum Gasteiger partial charge on any atom is -0.389 e. The average molecular weight is 183 g/mol. The Morgan fingerprint density at radius 1 is 1.27 bits per heavy atom. The molecule has 3 nitrogen and oxygen atoms in total. The normalized spacial score (nSPS) is 10.2. The van der Waals surface area contributed by atoms with Crippen LogP contribution in [0, 0.1) is 0 Å². The fourth-order valence-corrected chi connectivity index (χ4v) is 2.08. The molecule has 2 rings (SSSR count). The van der Waals surface area contributed by atoms with Crippen LogP contribution < -0.4 is 5.73 Å². The van der Waals surface area contributed by atoms with Gasteiger partial charge in [0.25, 0.3) is 0 Å². The van der Waals surface area contributed by atoms with Gasteiger partial charge in [0.15, 0.2) is 10.0 Å². The topological polar surface area (TPSA) is 51.8 Å². The minimum absolute atomic E-state index is 0.732. The van der Waals surface area contributed by atoms with E-state index in [1.54, 1.807) is 23.7 Å². The second kappa shape index (κ2) is 2.60. The van der Waals surface area contributed by atoms with Crippen molar-refractivity contribution in [2.24, 2.45) is 0 Å². The van der Waals surface area contributed by atoms with Gasteiger partial charge in [-0.1, -0.05) is 11.3 Å². The smallest absolute Gasteiger partial charge is 0.154 e. The largest absolute Gasteiger partial charge is 0.389 e. The van der Waals surface area contributed by atoms with Gasteiger partial charge in [-0.2, -0.15) is 0 Å². The summed E-state index contributed by atoms with van der Waals surface area (Å²) in [5, 5.41) is 4.49. The van der Waals surface area contributed by atoms with Crippen molar-refractivity contribution in [1.82, 2.24) is 9.97 Å². The van der Waals surface area contributed by atoms with E-state index in [1.807, 2.05) is 5.38 Å². The monoisotopic (exact) mass is 183 g/mol. The van der Waals surface area contributed by atoms with Crippen LogP contribution in [0.5, 0.6) is 0 Å². The van der Waals surface area contributed by atoms with Crippen molar-refractivity contribution < 1.29 is 0 Å². The Bertz CT molecular complexity index is 338. The number of nitrogen functional groups attached to an aromatic ring is 1. The van der Waals surface area contributed by atoms with Gasteiger partial charge in [0.2, 0.25) is 0 Å². The summed E-state index contributed by atoms with van der Waals surface area (Å²) >= 11 is 3.03. The van der Waals surface area contributed by atoms with Gasteiger partial charge in [0, 0.05) is 11.6 Å². The number of nitrogens with zero attached hydrogens (tertiary/aromatic N) is 2. The van der Waals surface area contributed by atoms with E-state index in [0.29, 0.717) is 0 Å². The van der Waals surface area contributed by atoms with E-state index < -0.39 is 0 Å². The van der Waals surface area contributed by atoms with Crippen molar-refractivity contribution in [3.05, 3.63) is 17.8 Å². The van der Waals surface area contributed by atoms with Crippen LogP contribution in [-0.4, -0.2) is 9.97 Å². The highest BCUT2D eigenvalue weighted by atomic mass is 32.1. The molecule has 0 spiro atoms. The van der Waals surface area contributed by atoms with Gasteiger partial charge in [-0.3, -0.25) is 0 Å². The summed E-state index contributed by atoms with van der Waals surface area (Å²) in [4.78, 5) is 8.21. The molecular formula is C6H5N3S2. The van der Waals surface area contributed by atoms with E-state index in [2.05, 4.69) is 9.97 Å². The second-order valence-electron chi connectivity index (χ2n) is 1.91. The molecule has 0 radical (unpaired) electrons. The summed E-state index contributed by atoms with van der Waals surface area (Å²) in [5.41, 5.74) is 5.52. The van der Waals surface area contributed by atoms with Gasteiger partial charge >= 0.3 is 0 Å². The SMILES string of the molecule is Nc1cnc(-c2nccs2)s1. The molecule has 2 aromatic heterocycles. The first-order chi connectivity index (χ1) is 5.36. The lowest BCUT2D eigenvalue weighted by Crippen LogP contribution is -1.73. The fourth-order valence-electron chi connectivity index (χ4n) is 0.715. The molecule has 0 saturated heterocycles. The van der Waals surface area contributed by atoms with E-state index in [1.165, 1.54) is 11.3 Å². The molecule has 11 heavy (non-hydrogen) atoms. The predicted octanol–water partition coefficient (Wildman–Crippen LogP) is 1.85. The molecule has 2 heterocycles. The average Bonchev–Trinajstić information content (AvgIpc) is 2.55. The van der Waals surface area contributed by atoms with Gasteiger partial charge in [0.1, 0.15) is 5.00 Å². The number of rotatable bonds is 1.